The summed E-state index contributed by atoms with van der Waals surface area (Å²) < 4.78 is 1.04. The Balaban J connectivity index is 1.29. The van der Waals surface area contributed by atoms with Crippen LogP contribution in [-0.4, -0.2) is 39.9 Å². The van der Waals surface area contributed by atoms with E-state index in [4.69, 9.17) is 10.7 Å². The number of nitrogens with two attached hydrogens (primary N) is 1. The van der Waals surface area contributed by atoms with Crippen LogP contribution in [0.15, 0.2) is 79.0 Å². The number of hydrogen-bond donors (Lipinski definition) is 2. The van der Waals surface area contributed by atoms with Gasteiger partial charge in [0, 0.05) is 46.5 Å². The van der Waals surface area contributed by atoms with E-state index in [0.29, 0.717) is 19.0 Å². The zero-order chi connectivity index (χ0) is 23.8. The average molecular weight is 480 g/mol. The number of amides is 1. The fourth-order valence-electron chi connectivity index (χ4n) is 4.62. The van der Waals surface area contributed by atoms with Gasteiger partial charge in [-0.1, -0.05) is 42.5 Å². The third kappa shape index (κ3) is 4.48. The van der Waals surface area contributed by atoms with E-state index >= 15 is 0 Å². The molecule has 1 saturated heterocycles. The minimum Gasteiger partial charge on any atom is -0.336 e. The Morgan fingerprint density at radius 2 is 1.91 bits per heavy atom. The number of nitrogens with one attached hydrogen (secondary N) is 1. The van der Waals surface area contributed by atoms with Crippen molar-refractivity contribution in [2.75, 3.05) is 18.4 Å². The maximum Gasteiger partial charge on any atom is 0.264 e. The van der Waals surface area contributed by atoms with Gasteiger partial charge >= 0.3 is 0 Å². The predicted molar refractivity (Wildman–Crippen MR) is 142 cm³/mol. The summed E-state index contributed by atoms with van der Waals surface area (Å²) in [4.78, 5) is 24.9. The molecule has 2 aromatic heterocycles. The Kier molecular flexibility index (Phi) is 5.64. The molecule has 3 aromatic carbocycles. The van der Waals surface area contributed by atoms with Gasteiger partial charge in [-0.3, -0.25) is 4.79 Å². The molecule has 7 heteroatoms. The topological polar surface area (TPSA) is 84.1 Å². The van der Waals surface area contributed by atoms with E-state index in [-0.39, 0.29) is 11.9 Å². The number of fused-ring (bicyclic) bond motifs is 3. The van der Waals surface area contributed by atoms with Crippen LogP contribution >= 0.6 is 11.3 Å². The molecule has 1 fully saturated rings. The summed E-state index contributed by atoms with van der Waals surface area (Å²) in [5.41, 5.74) is 10.3. The molecule has 1 aliphatic rings. The maximum atomic E-state index is 13.0. The molecule has 3 N–H and O–H groups in total. The van der Waals surface area contributed by atoms with Gasteiger partial charge in [-0.05, 0) is 54.3 Å². The van der Waals surface area contributed by atoms with Crippen molar-refractivity contribution in [3.63, 3.8) is 0 Å². The van der Waals surface area contributed by atoms with Crippen molar-refractivity contribution in [3.8, 4) is 0 Å². The van der Waals surface area contributed by atoms with Crippen LogP contribution in [0.25, 0.3) is 21.0 Å². The van der Waals surface area contributed by atoms with E-state index in [0.717, 1.165) is 44.4 Å². The second-order valence-electron chi connectivity index (χ2n) is 9.01. The second-order valence-corrected chi connectivity index (χ2v) is 10.1. The highest BCUT2D eigenvalue weighted by Crippen LogP contribution is 2.33. The van der Waals surface area contributed by atoms with Crippen molar-refractivity contribution in [2.24, 2.45) is 5.73 Å². The minimum absolute atomic E-state index is 0.0509. The highest BCUT2D eigenvalue weighted by Gasteiger charge is 2.26. The van der Waals surface area contributed by atoms with Crippen LogP contribution in [0.5, 0.6) is 0 Å². The standard InChI is InChI=1S/C28H25N5OS/c29-21-11-12-33(17-21)27(34)25-15-23-24(35-25)10-9-20-16-30-28(32-26(20)23)31-22-8-4-7-19(14-22)13-18-5-2-1-3-6-18/h1-10,14-16,21H,11-13,17,29H2,(H,30,31,32). The molecule has 174 valence electrons. The van der Waals surface area contributed by atoms with Crippen LogP contribution in [0.1, 0.15) is 27.2 Å². The predicted octanol–water partition coefficient (Wildman–Crippen LogP) is 5.35. The van der Waals surface area contributed by atoms with E-state index in [1.165, 1.54) is 22.5 Å². The highest BCUT2D eigenvalue weighted by molar-refractivity contribution is 7.21. The summed E-state index contributed by atoms with van der Waals surface area (Å²) in [6.45, 7) is 1.34. The van der Waals surface area contributed by atoms with Gasteiger partial charge in [-0.25, -0.2) is 9.97 Å². The first-order valence-electron chi connectivity index (χ1n) is 11.8. The Bertz CT molecular complexity index is 1530. The lowest BCUT2D eigenvalue weighted by molar-refractivity contribution is 0.0795. The number of rotatable bonds is 5. The molecule has 0 saturated carbocycles. The first kappa shape index (κ1) is 21.7. The summed E-state index contributed by atoms with van der Waals surface area (Å²) in [5.74, 6) is 0.585. The van der Waals surface area contributed by atoms with Crippen molar-refractivity contribution in [1.82, 2.24) is 14.9 Å². The number of likely N-dealkylation sites (tertiary alicyclic amines) is 1. The minimum atomic E-state index is 0.0509. The van der Waals surface area contributed by atoms with Crippen LogP contribution < -0.4 is 11.1 Å². The molecule has 6 rings (SSSR count). The van der Waals surface area contributed by atoms with Crippen molar-refractivity contribution in [2.45, 2.75) is 18.9 Å². The quantitative estimate of drug-likeness (QED) is 0.355. The number of aromatic nitrogens is 2. The second kappa shape index (κ2) is 9.09. The van der Waals surface area contributed by atoms with E-state index < -0.39 is 0 Å². The molecule has 1 unspecified atom stereocenters. The lowest BCUT2D eigenvalue weighted by Gasteiger charge is -2.13. The van der Waals surface area contributed by atoms with Gasteiger partial charge in [0.2, 0.25) is 5.95 Å². The maximum absolute atomic E-state index is 13.0. The van der Waals surface area contributed by atoms with Gasteiger partial charge in [0.05, 0.1) is 10.4 Å². The molecule has 0 radical (unpaired) electrons. The Hall–Kier alpha value is -3.81. The van der Waals surface area contributed by atoms with Crippen LogP contribution in [0.4, 0.5) is 11.6 Å². The van der Waals surface area contributed by atoms with Crippen molar-refractivity contribution >= 4 is 49.9 Å². The summed E-state index contributed by atoms with van der Waals surface area (Å²) in [7, 11) is 0. The molecular formula is C28H25N5OS. The zero-order valence-electron chi connectivity index (χ0n) is 19.1. The number of carbonyl (C=O) groups is 1. The summed E-state index contributed by atoms with van der Waals surface area (Å²) in [5, 5.41) is 5.28. The Morgan fingerprint density at radius 3 is 2.74 bits per heavy atom. The molecular weight excluding hydrogens is 454 g/mol. The van der Waals surface area contributed by atoms with Gasteiger partial charge in [0.25, 0.3) is 5.91 Å². The lowest BCUT2D eigenvalue weighted by Crippen LogP contribution is -2.31. The number of hydrogen-bond acceptors (Lipinski definition) is 6. The van der Waals surface area contributed by atoms with Crippen LogP contribution in [0.3, 0.4) is 0 Å². The molecule has 6 nitrogen and oxygen atoms in total. The molecule has 0 spiro atoms. The van der Waals surface area contributed by atoms with Crippen LogP contribution in [0, 0.1) is 0 Å². The Labute approximate surface area is 207 Å². The molecule has 3 heterocycles. The van der Waals surface area contributed by atoms with Crippen molar-refractivity contribution in [3.05, 3.63) is 95.0 Å². The first-order chi connectivity index (χ1) is 17.1. The van der Waals surface area contributed by atoms with Gasteiger partial charge in [-0.15, -0.1) is 11.3 Å². The highest BCUT2D eigenvalue weighted by atomic mass is 32.1. The number of thiophene rings is 1. The fourth-order valence-corrected chi connectivity index (χ4v) is 5.65. The lowest BCUT2D eigenvalue weighted by atomic mass is 10.0. The number of nitrogens with zero attached hydrogens (tertiary/aromatic N) is 3. The fraction of sp³-hybridized carbons (Fsp3) is 0.179. The largest absolute Gasteiger partial charge is 0.336 e. The Morgan fingerprint density at radius 1 is 1.06 bits per heavy atom. The summed E-state index contributed by atoms with van der Waals surface area (Å²) in [6, 6.07) is 24.8. The van der Waals surface area contributed by atoms with E-state index in [1.54, 1.807) is 0 Å². The molecule has 0 aliphatic carbocycles. The van der Waals surface area contributed by atoms with Gasteiger partial charge in [0.1, 0.15) is 0 Å². The number of carbonyl (C=O) groups excluding carboxylic acids is 1. The number of benzene rings is 3. The molecule has 35 heavy (non-hydrogen) atoms. The average Bonchev–Trinajstić information content (AvgIpc) is 3.51. The first-order valence-corrected chi connectivity index (χ1v) is 12.6. The van der Waals surface area contributed by atoms with Crippen molar-refractivity contribution < 1.29 is 4.79 Å². The molecule has 1 aliphatic heterocycles. The molecule has 1 atom stereocenters. The third-order valence-electron chi connectivity index (χ3n) is 6.40. The van der Waals surface area contributed by atoms with Gasteiger partial charge in [0.15, 0.2) is 0 Å². The normalized spacial score (nSPS) is 15.7. The number of anilines is 2. The van der Waals surface area contributed by atoms with Crippen molar-refractivity contribution in [1.29, 1.82) is 0 Å². The van der Waals surface area contributed by atoms with E-state index in [1.807, 2.05) is 47.5 Å². The monoisotopic (exact) mass is 479 g/mol. The van der Waals surface area contributed by atoms with E-state index in [9.17, 15) is 4.79 Å². The van der Waals surface area contributed by atoms with Crippen LogP contribution in [0.2, 0.25) is 0 Å². The van der Waals surface area contributed by atoms with Crippen LogP contribution in [-0.2, 0) is 6.42 Å². The molecule has 0 bridgehead atoms. The molecule has 5 aromatic rings. The third-order valence-corrected chi connectivity index (χ3v) is 7.49. The van der Waals surface area contributed by atoms with Gasteiger partial charge in [-0.2, -0.15) is 0 Å². The summed E-state index contributed by atoms with van der Waals surface area (Å²) >= 11 is 1.51. The van der Waals surface area contributed by atoms with E-state index in [2.05, 4.69) is 46.7 Å². The summed E-state index contributed by atoms with van der Waals surface area (Å²) in [6.07, 6.45) is 3.55. The smallest absolute Gasteiger partial charge is 0.264 e. The van der Waals surface area contributed by atoms with Gasteiger partial charge < -0.3 is 16.0 Å². The molecule has 1 amide bonds. The zero-order valence-corrected chi connectivity index (χ0v) is 20.0. The SMILES string of the molecule is NC1CCN(C(=O)c2cc3c(ccc4cnc(Nc5cccc(Cc6ccccc6)c5)nc43)s2)C1.